The lowest BCUT2D eigenvalue weighted by molar-refractivity contribution is 0.520. The Morgan fingerprint density at radius 2 is 1.44 bits per heavy atom. The lowest BCUT2D eigenvalue weighted by Gasteiger charge is -2.28. The number of terminal acetylenes is 1. The van der Waals surface area contributed by atoms with Crippen LogP contribution in [0, 0.1) is 12.3 Å². The van der Waals surface area contributed by atoms with Gasteiger partial charge >= 0.3 is 0 Å². The number of halogens is 1. The molecule has 2 nitrogen and oxygen atoms in total. The topological polar surface area (TPSA) is 25.8 Å². The molecule has 0 saturated heterocycles. The van der Waals surface area contributed by atoms with Gasteiger partial charge in [0.25, 0.3) is 0 Å². The van der Waals surface area contributed by atoms with Gasteiger partial charge in [0, 0.05) is 21.8 Å². The van der Waals surface area contributed by atoms with Gasteiger partial charge in [-0.15, -0.1) is 6.42 Å². The van der Waals surface area contributed by atoms with E-state index in [1.54, 1.807) is 0 Å². The maximum atomic E-state index is 6.87. The zero-order chi connectivity index (χ0) is 19.4. The molecule has 2 aromatic rings. The summed E-state index contributed by atoms with van der Waals surface area (Å²) in [6.45, 7) is 19.2. The van der Waals surface area contributed by atoms with Gasteiger partial charge in [0.05, 0.1) is 16.2 Å². The predicted molar refractivity (Wildman–Crippen MR) is 109 cm³/mol. The Morgan fingerprint density at radius 1 is 0.880 bits per heavy atom. The summed E-state index contributed by atoms with van der Waals surface area (Å²) in [6, 6.07) is 2.04. The van der Waals surface area contributed by atoms with Gasteiger partial charge in [-0.05, 0) is 17.0 Å². The van der Waals surface area contributed by atoms with Crippen molar-refractivity contribution in [3.63, 3.8) is 0 Å². The minimum absolute atomic E-state index is 0.139. The Labute approximate surface area is 157 Å². The van der Waals surface area contributed by atoms with E-state index < -0.39 is 0 Å². The summed E-state index contributed by atoms with van der Waals surface area (Å²) < 4.78 is 0. The molecule has 1 heterocycles. The van der Waals surface area contributed by atoms with Crippen LogP contribution in [0.4, 0.5) is 0 Å². The summed E-state index contributed by atoms with van der Waals surface area (Å²) in [5.41, 5.74) is 3.12. The third-order valence-electron chi connectivity index (χ3n) is 4.22. The number of rotatable bonds is 0. The van der Waals surface area contributed by atoms with Gasteiger partial charge in [-0.25, -0.2) is 9.97 Å². The Hall–Kier alpha value is -1.59. The molecule has 0 saturated carbocycles. The summed E-state index contributed by atoms with van der Waals surface area (Å²) in [6.07, 6.45) is 5.82. The van der Waals surface area contributed by atoms with Crippen LogP contribution in [0.15, 0.2) is 6.07 Å². The van der Waals surface area contributed by atoms with E-state index in [2.05, 4.69) is 68.2 Å². The van der Waals surface area contributed by atoms with Crippen molar-refractivity contribution in [2.45, 2.75) is 78.6 Å². The van der Waals surface area contributed by atoms with Gasteiger partial charge in [0.15, 0.2) is 0 Å². The molecule has 0 atom stereocenters. The summed E-state index contributed by atoms with van der Waals surface area (Å²) in [5.74, 6) is 3.62. The van der Waals surface area contributed by atoms with Crippen LogP contribution in [-0.4, -0.2) is 9.97 Å². The fourth-order valence-corrected chi connectivity index (χ4v) is 3.51. The third-order valence-corrected chi connectivity index (χ3v) is 4.59. The molecule has 0 N–H and O–H groups in total. The monoisotopic (exact) mass is 356 g/mol. The quantitative estimate of drug-likeness (QED) is 0.528. The fraction of sp³-hybridized carbons (Fsp3) is 0.545. The molecule has 0 aliphatic carbocycles. The van der Waals surface area contributed by atoms with Gasteiger partial charge in [0.2, 0.25) is 0 Å². The highest BCUT2D eigenvalue weighted by atomic mass is 35.5. The second-order valence-electron chi connectivity index (χ2n) is 9.80. The maximum absolute atomic E-state index is 6.87. The standard InChI is InChI=1S/C22H29ClN2/c1-11-13-12-14-17(16(23)15(13)20(2,3)4)24-19(22(8,9)10)25-18(14)21(5,6)7/h1,12H,2-10H3. The lowest BCUT2D eigenvalue weighted by atomic mass is 9.81. The lowest BCUT2D eigenvalue weighted by Crippen LogP contribution is -2.23. The second kappa shape index (κ2) is 5.99. The van der Waals surface area contributed by atoms with Crippen molar-refractivity contribution in [3.8, 4) is 12.3 Å². The van der Waals surface area contributed by atoms with Crippen LogP contribution in [0.5, 0.6) is 0 Å². The Bertz CT molecular complexity index is 867. The molecule has 0 unspecified atom stereocenters. The average Bonchev–Trinajstić information content (AvgIpc) is 2.42. The zero-order valence-electron chi connectivity index (χ0n) is 16.9. The SMILES string of the molecule is C#Cc1cc2c(C(C)(C)C)nc(C(C)(C)C)nc2c(Cl)c1C(C)(C)C. The van der Waals surface area contributed by atoms with Gasteiger partial charge < -0.3 is 0 Å². The molecule has 2 rings (SSSR count). The number of benzene rings is 1. The van der Waals surface area contributed by atoms with Crippen molar-refractivity contribution in [1.29, 1.82) is 0 Å². The van der Waals surface area contributed by atoms with E-state index in [0.29, 0.717) is 5.02 Å². The number of nitrogens with zero attached hydrogens (tertiary/aromatic N) is 2. The van der Waals surface area contributed by atoms with E-state index in [-0.39, 0.29) is 16.2 Å². The van der Waals surface area contributed by atoms with Crippen LogP contribution >= 0.6 is 11.6 Å². The van der Waals surface area contributed by atoms with E-state index in [1.807, 2.05) is 6.07 Å². The van der Waals surface area contributed by atoms with Gasteiger partial charge in [-0.3, -0.25) is 0 Å². The van der Waals surface area contributed by atoms with E-state index >= 15 is 0 Å². The average molecular weight is 357 g/mol. The molecule has 25 heavy (non-hydrogen) atoms. The van der Waals surface area contributed by atoms with Crippen molar-refractivity contribution in [2.24, 2.45) is 0 Å². The number of fused-ring (bicyclic) bond motifs is 1. The molecule has 0 fully saturated rings. The summed E-state index contributed by atoms with van der Waals surface area (Å²) in [4.78, 5) is 9.77. The van der Waals surface area contributed by atoms with Crippen molar-refractivity contribution in [2.75, 3.05) is 0 Å². The highest BCUT2D eigenvalue weighted by Gasteiger charge is 2.29. The van der Waals surface area contributed by atoms with Crippen LogP contribution in [0.25, 0.3) is 10.9 Å². The van der Waals surface area contributed by atoms with Crippen LogP contribution in [-0.2, 0) is 16.2 Å². The zero-order valence-corrected chi connectivity index (χ0v) is 17.7. The van der Waals surface area contributed by atoms with Crippen molar-refractivity contribution >= 4 is 22.5 Å². The van der Waals surface area contributed by atoms with E-state index in [0.717, 1.165) is 33.5 Å². The highest BCUT2D eigenvalue weighted by molar-refractivity contribution is 6.36. The third kappa shape index (κ3) is 3.67. The van der Waals surface area contributed by atoms with E-state index in [4.69, 9.17) is 28.0 Å². The van der Waals surface area contributed by atoms with E-state index in [1.165, 1.54) is 0 Å². The van der Waals surface area contributed by atoms with Crippen LogP contribution in [0.1, 0.15) is 85.0 Å². The first-order valence-corrected chi connectivity index (χ1v) is 9.08. The predicted octanol–water partition coefficient (Wildman–Crippen LogP) is 6.16. The summed E-state index contributed by atoms with van der Waals surface area (Å²) in [7, 11) is 0. The molecule has 1 aromatic carbocycles. The molecule has 3 heteroatoms. The van der Waals surface area contributed by atoms with Crippen molar-refractivity contribution < 1.29 is 0 Å². The second-order valence-corrected chi connectivity index (χ2v) is 10.2. The number of hydrogen-bond acceptors (Lipinski definition) is 2. The minimum atomic E-state index is -0.165. The molecule has 0 radical (unpaired) electrons. The number of aromatic nitrogens is 2. The van der Waals surface area contributed by atoms with Crippen LogP contribution in [0.3, 0.4) is 0 Å². The first-order valence-electron chi connectivity index (χ1n) is 8.70. The molecular weight excluding hydrogens is 328 g/mol. The first kappa shape index (κ1) is 19.7. The maximum Gasteiger partial charge on any atom is 0.134 e. The highest BCUT2D eigenvalue weighted by Crippen LogP contribution is 2.40. The largest absolute Gasteiger partial charge is 0.236 e. The molecule has 0 aliphatic rings. The van der Waals surface area contributed by atoms with Crippen molar-refractivity contribution in [1.82, 2.24) is 9.97 Å². The molecular formula is C22H29ClN2. The summed E-state index contributed by atoms with van der Waals surface area (Å²) in [5, 5.41) is 1.60. The first-order chi connectivity index (χ1) is 11.2. The van der Waals surface area contributed by atoms with Gasteiger partial charge in [-0.2, -0.15) is 0 Å². The number of hydrogen-bond donors (Lipinski definition) is 0. The molecule has 0 amide bonds. The van der Waals surface area contributed by atoms with E-state index in [9.17, 15) is 0 Å². The molecule has 0 aliphatic heterocycles. The molecule has 0 bridgehead atoms. The Balaban J connectivity index is 3.09. The smallest absolute Gasteiger partial charge is 0.134 e. The molecule has 0 spiro atoms. The normalized spacial score (nSPS) is 13.2. The Kier molecular flexibility index (Phi) is 4.73. The minimum Gasteiger partial charge on any atom is -0.236 e. The van der Waals surface area contributed by atoms with Crippen LogP contribution < -0.4 is 0 Å². The van der Waals surface area contributed by atoms with Gasteiger partial charge in [0.1, 0.15) is 5.82 Å². The van der Waals surface area contributed by atoms with Gasteiger partial charge in [-0.1, -0.05) is 79.8 Å². The summed E-state index contributed by atoms with van der Waals surface area (Å²) >= 11 is 6.87. The van der Waals surface area contributed by atoms with Crippen molar-refractivity contribution in [3.05, 3.63) is 33.7 Å². The molecule has 1 aromatic heterocycles. The Morgan fingerprint density at radius 3 is 1.84 bits per heavy atom. The molecule has 134 valence electrons. The van der Waals surface area contributed by atoms with Crippen LogP contribution in [0.2, 0.25) is 5.02 Å². The fourth-order valence-electron chi connectivity index (χ4n) is 2.98.